The van der Waals surface area contributed by atoms with Crippen LogP contribution in [0.25, 0.3) is 0 Å². The molecule has 0 radical (unpaired) electrons. The van der Waals surface area contributed by atoms with Crippen molar-refractivity contribution in [2.75, 3.05) is 13.7 Å². The van der Waals surface area contributed by atoms with Gasteiger partial charge in [-0.05, 0) is 54.9 Å². The Morgan fingerprint density at radius 1 is 1.22 bits per heavy atom. The second-order valence-corrected chi connectivity index (χ2v) is 5.52. The maximum absolute atomic E-state index is 5.30. The lowest BCUT2D eigenvalue weighted by Crippen LogP contribution is -2.18. The molecular weight excluding hydrogens is 222 g/mol. The molecule has 2 aliphatic carbocycles. The van der Waals surface area contributed by atoms with E-state index in [1.807, 2.05) is 0 Å². The molecule has 1 saturated carbocycles. The molecule has 0 amide bonds. The van der Waals surface area contributed by atoms with Crippen molar-refractivity contribution < 1.29 is 4.74 Å². The summed E-state index contributed by atoms with van der Waals surface area (Å²) in [5.74, 6) is 1.85. The highest BCUT2D eigenvalue weighted by molar-refractivity contribution is 5.88. The van der Waals surface area contributed by atoms with Crippen molar-refractivity contribution in [3.05, 3.63) is 29.3 Å². The van der Waals surface area contributed by atoms with Crippen LogP contribution in [0.15, 0.2) is 23.2 Å². The lowest BCUT2D eigenvalue weighted by Gasteiger charge is -2.24. The summed E-state index contributed by atoms with van der Waals surface area (Å²) in [5, 5.41) is 0. The van der Waals surface area contributed by atoms with Gasteiger partial charge in [-0.2, -0.15) is 0 Å². The minimum atomic E-state index is 0.879. The van der Waals surface area contributed by atoms with Crippen LogP contribution in [0, 0.1) is 5.92 Å². The van der Waals surface area contributed by atoms with Gasteiger partial charge in [0, 0.05) is 18.7 Å². The highest BCUT2D eigenvalue weighted by atomic mass is 16.5. The smallest absolute Gasteiger partial charge is 0.119 e. The Morgan fingerprint density at radius 3 is 2.83 bits per heavy atom. The molecule has 0 saturated heterocycles. The number of nitrogens with zero attached hydrogens (tertiary/aromatic N) is 1. The molecule has 2 heteroatoms. The second kappa shape index (κ2) is 5.13. The Bertz CT molecular complexity index is 460. The number of hydrogen-bond donors (Lipinski definition) is 0. The van der Waals surface area contributed by atoms with Crippen LogP contribution < -0.4 is 4.74 Å². The molecule has 2 aliphatic rings. The van der Waals surface area contributed by atoms with Crippen molar-refractivity contribution in [3.8, 4) is 5.75 Å². The molecule has 0 bridgehead atoms. The molecule has 1 aromatic carbocycles. The van der Waals surface area contributed by atoms with Crippen LogP contribution in [0.5, 0.6) is 5.75 Å². The number of hydrogen-bond acceptors (Lipinski definition) is 2. The maximum Gasteiger partial charge on any atom is 0.119 e. The largest absolute Gasteiger partial charge is 0.497 e. The number of fused-ring (bicyclic) bond motifs is 1. The van der Waals surface area contributed by atoms with E-state index in [0.717, 1.165) is 37.5 Å². The zero-order chi connectivity index (χ0) is 12.4. The third-order valence-corrected chi connectivity index (χ3v) is 4.29. The molecule has 0 aromatic heterocycles. The molecule has 18 heavy (non-hydrogen) atoms. The number of aryl methyl sites for hydroxylation is 1. The first kappa shape index (κ1) is 11.8. The SMILES string of the molecule is COc1ccc2c(c1)CC(=NCC1CCC1)CC2. The standard InChI is InChI=1S/C16H21NO/c1-18-16-8-6-13-5-7-15(9-14(13)10-16)17-11-12-3-2-4-12/h6,8,10,12H,2-5,7,9,11H2,1H3. The first-order valence-electron chi connectivity index (χ1n) is 7.03. The molecule has 0 unspecified atom stereocenters. The van der Waals surface area contributed by atoms with E-state index in [2.05, 4.69) is 18.2 Å². The van der Waals surface area contributed by atoms with Crippen LogP contribution in [0.1, 0.15) is 36.8 Å². The number of benzene rings is 1. The van der Waals surface area contributed by atoms with E-state index in [-0.39, 0.29) is 0 Å². The average molecular weight is 243 g/mol. The van der Waals surface area contributed by atoms with Gasteiger partial charge in [-0.3, -0.25) is 4.99 Å². The number of aliphatic imine (C=N–C) groups is 1. The fraction of sp³-hybridized carbons (Fsp3) is 0.562. The van der Waals surface area contributed by atoms with E-state index in [1.54, 1.807) is 7.11 Å². The van der Waals surface area contributed by atoms with Crippen LogP contribution in [0.3, 0.4) is 0 Å². The third kappa shape index (κ3) is 2.43. The zero-order valence-corrected chi connectivity index (χ0v) is 11.1. The monoisotopic (exact) mass is 243 g/mol. The van der Waals surface area contributed by atoms with Gasteiger partial charge >= 0.3 is 0 Å². The molecule has 1 fully saturated rings. The first-order chi connectivity index (χ1) is 8.85. The van der Waals surface area contributed by atoms with E-state index in [9.17, 15) is 0 Å². The summed E-state index contributed by atoms with van der Waals surface area (Å²) in [4.78, 5) is 4.84. The number of ether oxygens (including phenoxy) is 1. The van der Waals surface area contributed by atoms with Gasteiger partial charge in [0.15, 0.2) is 0 Å². The van der Waals surface area contributed by atoms with Gasteiger partial charge in [-0.25, -0.2) is 0 Å². The van der Waals surface area contributed by atoms with Crippen LogP contribution in [0.4, 0.5) is 0 Å². The molecule has 0 N–H and O–H groups in total. The highest BCUT2D eigenvalue weighted by Gasteiger charge is 2.18. The Kier molecular flexibility index (Phi) is 3.35. The molecule has 0 atom stereocenters. The summed E-state index contributed by atoms with van der Waals surface area (Å²) in [6.07, 6.45) is 7.51. The number of methoxy groups -OCH3 is 1. The summed E-state index contributed by atoms with van der Waals surface area (Å²) in [5.41, 5.74) is 4.27. The summed E-state index contributed by atoms with van der Waals surface area (Å²) >= 11 is 0. The molecular formula is C16H21NO. The maximum atomic E-state index is 5.30. The van der Waals surface area contributed by atoms with Gasteiger partial charge in [0.2, 0.25) is 0 Å². The zero-order valence-electron chi connectivity index (χ0n) is 11.1. The van der Waals surface area contributed by atoms with Gasteiger partial charge in [0.25, 0.3) is 0 Å². The summed E-state index contributed by atoms with van der Waals surface area (Å²) < 4.78 is 5.30. The Balaban J connectivity index is 1.70. The fourth-order valence-corrected chi connectivity index (χ4v) is 2.79. The topological polar surface area (TPSA) is 21.6 Å². The fourth-order valence-electron chi connectivity index (χ4n) is 2.79. The first-order valence-corrected chi connectivity index (χ1v) is 7.03. The van der Waals surface area contributed by atoms with Crippen molar-refractivity contribution in [2.24, 2.45) is 10.9 Å². The van der Waals surface area contributed by atoms with Gasteiger partial charge < -0.3 is 4.74 Å². The van der Waals surface area contributed by atoms with Crippen LogP contribution >= 0.6 is 0 Å². The van der Waals surface area contributed by atoms with Gasteiger partial charge in [-0.15, -0.1) is 0 Å². The normalized spacial score (nSPS) is 21.5. The lowest BCUT2D eigenvalue weighted by molar-refractivity contribution is 0.326. The summed E-state index contributed by atoms with van der Waals surface area (Å²) in [6.45, 7) is 1.06. The van der Waals surface area contributed by atoms with Crippen molar-refractivity contribution in [1.29, 1.82) is 0 Å². The minimum Gasteiger partial charge on any atom is -0.497 e. The predicted octanol–water partition coefficient (Wildman–Crippen LogP) is 3.43. The van der Waals surface area contributed by atoms with E-state index in [1.165, 1.54) is 36.1 Å². The average Bonchev–Trinajstić information content (AvgIpc) is 2.36. The molecule has 2 nitrogen and oxygen atoms in total. The Morgan fingerprint density at radius 2 is 2.11 bits per heavy atom. The lowest BCUT2D eigenvalue weighted by atomic mass is 9.85. The summed E-state index contributed by atoms with van der Waals surface area (Å²) in [7, 11) is 1.73. The van der Waals surface area contributed by atoms with E-state index in [4.69, 9.17) is 9.73 Å². The van der Waals surface area contributed by atoms with Gasteiger partial charge in [-0.1, -0.05) is 12.5 Å². The van der Waals surface area contributed by atoms with Crippen LogP contribution in [0.2, 0.25) is 0 Å². The van der Waals surface area contributed by atoms with Crippen molar-refractivity contribution in [1.82, 2.24) is 0 Å². The van der Waals surface area contributed by atoms with Crippen molar-refractivity contribution in [2.45, 2.75) is 38.5 Å². The molecule has 0 spiro atoms. The molecule has 0 aliphatic heterocycles. The third-order valence-electron chi connectivity index (χ3n) is 4.29. The van der Waals surface area contributed by atoms with Gasteiger partial charge in [0.1, 0.15) is 5.75 Å². The molecule has 3 rings (SSSR count). The quantitative estimate of drug-likeness (QED) is 0.797. The second-order valence-electron chi connectivity index (χ2n) is 5.52. The van der Waals surface area contributed by atoms with Crippen molar-refractivity contribution in [3.63, 3.8) is 0 Å². The van der Waals surface area contributed by atoms with Crippen molar-refractivity contribution >= 4 is 5.71 Å². The van der Waals surface area contributed by atoms with Crippen LogP contribution in [-0.4, -0.2) is 19.4 Å². The highest BCUT2D eigenvalue weighted by Crippen LogP contribution is 2.28. The Hall–Kier alpha value is -1.31. The van der Waals surface area contributed by atoms with Crippen LogP contribution in [-0.2, 0) is 12.8 Å². The van der Waals surface area contributed by atoms with E-state index >= 15 is 0 Å². The van der Waals surface area contributed by atoms with Gasteiger partial charge in [0.05, 0.1) is 7.11 Å². The minimum absolute atomic E-state index is 0.879. The molecule has 1 aromatic rings. The van der Waals surface area contributed by atoms with E-state index < -0.39 is 0 Å². The molecule has 0 heterocycles. The molecule has 96 valence electrons. The summed E-state index contributed by atoms with van der Waals surface area (Å²) in [6, 6.07) is 6.44. The Labute approximate surface area is 109 Å². The van der Waals surface area contributed by atoms with E-state index in [0.29, 0.717) is 0 Å². The number of rotatable bonds is 3. The predicted molar refractivity (Wildman–Crippen MR) is 74.7 cm³/mol.